The number of carbonyl (C=O) groups excluding carboxylic acids is 5. The van der Waals surface area contributed by atoms with Crippen LogP contribution in [0.15, 0.2) is 48.8 Å². The monoisotopic (exact) mass is 832 g/mol. The minimum absolute atomic E-state index is 0.152. The van der Waals surface area contributed by atoms with Crippen LogP contribution in [0.5, 0.6) is 0 Å². The number of allylic oxidation sites excluding steroid dienone is 1. The van der Waals surface area contributed by atoms with E-state index in [9.17, 15) is 50.3 Å². The number of carbonyl (C=O) groups is 5. The van der Waals surface area contributed by atoms with Crippen molar-refractivity contribution in [2.45, 2.75) is 39.2 Å². The van der Waals surface area contributed by atoms with Crippen LogP contribution in [0.25, 0.3) is 11.3 Å². The number of halogens is 6. The molecule has 15 nitrogen and oxygen atoms in total. The van der Waals surface area contributed by atoms with E-state index in [1.165, 1.54) is 35.2 Å². The van der Waals surface area contributed by atoms with Crippen molar-refractivity contribution in [3.05, 3.63) is 76.6 Å². The molecular weight excluding hydrogens is 786 g/mol. The normalized spacial score (nSPS) is 11.1. The smallest absolute Gasteiger partial charge is 0.417 e. The van der Waals surface area contributed by atoms with Gasteiger partial charge in [-0.15, -0.1) is 0 Å². The molecule has 1 aromatic heterocycles. The van der Waals surface area contributed by atoms with Crippen LogP contribution in [0, 0.1) is 0 Å². The first-order valence-corrected chi connectivity index (χ1v) is 16.9. The maximum Gasteiger partial charge on any atom is 0.417 e. The third kappa shape index (κ3) is 15.6. The van der Waals surface area contributed by atoms with Crippen LogP contribution in [0.3, 0.4) is 0 Å². The van der Waals surface area contributed by atoms with Gasteiger partial charge >= 0.3 is 24.3 Å². The quantitative estimate of drug-likeness (QED) is 0.0596. The molecule has 0 saturated carbocycles. The lowest BCUT2D eigenvalue weighted by atomic mass is 9.97. The Morgan fingerprint density at radius 1 is 0.776 bits per heavy atom. The van der Waals surface area contributed by atoms with Crippen molar-refractivity contribution in [1.29, 1.82) is 0 Å². The lowest BCUT2D eigenvalue weighted by Gasteiger charge is -2.18. The van der Waals surface area contributed by atoms with E-state index in [0.29, 0.717) is 6.07 Å². The fourth-order valence-corrected chi connectivity index (χ4v) is 4.68. The zero-order chi connectivity index (χ0) is 44.4. The summed E-state index contributed by atoms with van der Waals surface area (Å²) in [6.07, 6.45) is -5.04. The highest BCUT2D eigenvalue weighted by molar-refractivity contribution is 6.09. The number of aromatic nitrogens is 2. The van der Waals surface area contributed by atoms with Crippen LogP contribution in [0.4, 0.5) is 37.7 Å². The molecule has 0 unspecified atom stereocenters. The Labute approximate surface area is 330 Å². The minimum Gasteiger partial charge on any atom is -0.465 e. The van der Waals surface area contributed by atoms with Crippen molar-refractivity contribution in [3.63, 3.8) is 0 Å². The summed E-state index contributed by atoms with van der Waals surface area (Å²) in [7, 11) is 8.45. The number of nitrogens with two attached hydrogens (primary N) is 1. The maximum atomic E-state index is 13.7. The molecule has 3 rings (SSSR count). The van der Waals surface area contributed by atoms with Crippen molar-refractivity contribution < 1.29 is 69.3 Å². The summed E-state index contributed by atoms with van der Waals surface area (Å²) in [5.74, 6) is -4.10. The lowest BCUT2D eigenvalue weighted by molar-refractivity contribution is -0.138. The van der Waals surface area contributed by atoms with Gasteiger partial charge in [-0.25, -0.2) is 9.59 Å². The van der Waals surface area contributed by atoms with Crippen LogP contribution in [-0.2, 0) is 47.4 Å². The Bertz CT molecular complexity index is 1910. The van der Waals surface area contributed by atoms with Crippen LogP contribution in [0.1, 0.15) is 62.5 Å². The highest BCUT2D eigenvalue weighted by Gasteiger charge is 2.38. The average Bonchev–Trinajstić information content (AvgIpc) is 3.62. The highest BCUT2D eigenvalue weighted by atomic mass is 19.4. The third-order valence-electron chi connectivity index (χ3n) is 7.20. The molecule has 3 aromatic rings. The molecule has 1 heterocycles. The van der Waals surface area contributed by atoms with Crippen molar-refractivity contribution in [2.24, 2.45) is 5.73 Å². The number of rotatable bonds is 14. The molecule has 0 atom stereocenters. The number of ketones is 1. The molecule has 0 radical (unpaired) electrons. The van der Waals surface area contributed by atoms with E-state index in [2.05, 4.69) is 25.2 Å². The zero-order valence-electron chi connectivity index (χ0n) is 33.0. The topological polar surface area (TPSA) is 193 Å². The van der Waals surface area contributed by atoms with E-state index in [4.69, 9.17) is 15.2 Å². The fraction of sp³-hybridized carbons (Fsp3) is 0.405. The Morgan fingerprint density at radius 2 is 1.28 bits per heavy atom. The predicted octanol–water partition coefficient (Wildman–Crippen LogP) is 5.65. The maximum absolute atomic E-state index is 13.7. The number of esters is 2. The molecule has 0 saturated heterocycles. The van der Waals surface area contributed by atoms with Gasteiger partial charge in [0, 0.05) is 78.4 Å². The molecule has 58 heavy (non-hydrogen) atoms. The number of hydrogen-bond donors (Lipinski definition) is 3. The van der Waals surface area contributed by atoms with Gasteiger partial charge in [-0.1, -0.05) is 0 Å². The molecule has 320 valence electrons. The number of hydrogen-bond acceptors (Lipinski definition) is 12. The van der Waals surface area contributed by atoms with Gasteiger partial charge in [0.25, 0.3) is 0 Å². The van der Waals surface area contributed by atoms with Gasteiger partial charge in [0.15, 0.2) is 5.78 Å². The van der Waals surface area contributed by atoms with E-state index in [1.54, 1.807) is 21.2 Å². The molecule has 0 fully saturated rings. The van der Waals surface area contributed by atoms with Gasteiger partial charge in [0.05, 0.1) is 66.7 Å². The molecule has 0 spiro atoms. The first kappa shape index (κ1) is 50.2. The van der Waals surface area contributed by atoms with Crippen molar-refractivity contribution >= 4 is 40.9 Å². The Kier molecular flexibility index (Phi) is 20.3. The molecular formula is C37H46F6N6O9. The summed E-state index contributed by atoms with van der Waals surface area (Å²) < 4.78 is 101. The molecule has 0 aliphatic rings. The largest absolute Gasteiger partial charge is 0.465 e. The second-order valence-electron chi connectivity index (χ2n) is 11.9. The second-order valence-corrected chi connectivity index (χ2v) is 11.9. The number of nitrogens with zero attached hydrogens (tertiary/aromatic N) is 3. The van der Waals surface area contributed by atoms with Gasteiger partial charge in [0.1, 0.15) is 0 Å². The minimum atomic E-state index is -4.86. The van der Waals surface area contributed by atoms with E-state index < -0.39 is 58.6 Å². The fourth-order valence-electron chi connectivity index (χ4n) is 4.68. The van der Waals surface area contributed by atoms with Gasteiger partial charge in [-0.3, -0.25) is 19.1 Å². The summed E-state index contributed by atoms with van der Waals surface area (Å²) in [6.45, 7) is 4.18. The lowest BCUT2D eigenvalue weighted by Crippen LogP contribution is -2.18. The number of ether oxygens (including phenoxy) is 4. The van der Waals surface area contributed by atoms with Crippen LogP contribution < -0.4 is 16.4 Å². The third-order valence-corrected chi connectivity index (χ3v) is 7.20. The standard InChI is InChI=1S/C17H18F3N3O4.C16H17F3N2O4.C4H11NO/c1-10(24)22-14-9-13(17(18,19)20)11(8-12(14)16(25)27-3)15-4-5-21-23(15)6-7-26-2;1-9(22)20-13-8-12(16(17,18)19)10(7-11(13)15(24)25-4)14(23)5-6-21(2)3;1-6-4-2-3-5/h4-5,8-9H,6-7H2,1-3H3,(H,22,24);5-8H,1-4H3,(H,20,22);2-5H2,1H3/b;6-5+;. The summed E-state index contributed by atoms with van der Waals surface area (Å²) in [5, 5.41) is 8.38. The summed E-state index contributed by atoms with van der Waals surface area (Å²) in [4.78, 5) is 60.1. The number of nitrogens with one attached hydrogen (secondary N) is 2. The van der Waals surface area contributed by atoms with E-state index in [-0.39, 0.29) is 46.9 Å². The average molecular weight is 833 g/mol. The van der Waals surface area contributed by atoms with Crippen molar-refractivity contribution in [2.75, 3.05) is 72.9 Å². The Morgan fingerprint density at radius 3 is 1.69 bits per heavy atom. The van der Waals surface area contributed by atoms with Gasteiger partial charge in [0.2, 0.25) is 11.8 Å². The predicted molar refractivity (Wildman–Crippen MR) is 200 cm³/mol. The summed E-state index contributed by atoms with van der Waals surface area (Å²) in [6, 6.07) is 4.48. The van der Waals surface area contributed by atoms with E-state index in [1.807, 2.05) is 0 Å². The number of anilines is 2. The summed E-state index contributed by atoms with van der Waals surface area (Å²) >= 11 is 0. The molecule has 2 amide bonds. The molecule has 21 heteroatoms. The number of alkyl halides is 6. The van der Waals surface area contributed by atoms with Gasteiger partial charge in [-0.05, 0) is 43.3 Å². The molecule has 4 N–H and O–H groups in total. The number of methoxy groups -OCH3 is 4. The summed E-state index contributed by atoms with van der Waals surface area (Å²) in [5.41, 5.74) is 0.797. The molecule has 2 aromatic carbocycles. The van der Waals surface area contributed by atoms with Crippen molar-refractivity contribution in [1.82, 2.24) is 14.7 Å². The van der Waals surface area contributed by atoms with Crippen LogP contribution in [0.2, 0.25) is 0 Å². The molecule has 0 aliphatic carbocycles. The van der Waals surface area contributed by atoms with Crippen LogP contribution in [-0.4, -0.2) is 107 Å². The second kappa shape index (κ2) is 23.4. The number of amides is 2. The van der Waals surface area contributed by atoms with Gasteiger partial charge < -0.3 is 40.2 Å². The zero-order valence-corrected chi connectivity index (χ0v) is 33.0. The molecule has 0 bridgehead atoms. The SMILES string of the molecule is COC(=O)c1cc(C(=O)/C=C/N(C)C)c(C(F)(F)F)cc1NC(C)=O.COCCCN.COCCn1nccc1-c1cc(C(=O)OC)c(NC(C)=O)cc1C(F)(F)F. The Hall–Kier alpha value is -5.80. The van der Waals surface area contributed by atoms with Gasteiger partial charge in [-0.2, -0.15) is 31.4 Å². The highest BCUT2D eigenvalue weighted by Crippen LogP contribution is 2.40. The van der Waals surface area contributed by atoms with E-state index >= 15 is 0 Å². The first-order chi connectivity index (χ1) is 27.1. The Balaban J connectivity index is 0.000000510. The first-order valence-electron chi connectivity index (χ1n) is 16.9. The van der Waals surface area contributed by atoms with E-state index in [0.717, 1.165) is 71.9 Å². The number of benzene rings is 2. The van der Waals surface area contributed by atoms with Crippen LogP contribution >= 0.6 is 0 Å². The van der Waals surface area contributed by atoms with Crippen molar-refractivity contribution in [3.8, 4) is 11.3 Å². The molecule has 0 aliphatic heterocycles.